The molecule has 4 fully saturated rings. The standard InChI is InChI=1S/C29H40N6O4S/c1-18-26(30)29(17-39-18)5-8-34(9-6-29)27-22(13-36)33-24(11-32-27)40-23-4-7-31-28-25(23)38-16-21-10-20(12-35(21)28)15-37-14-19-2-3-19/h4,7,11,18-21,26,36H,2-3,5-6,8-10,12-17,30H2,1H3. The molecule has 2 aromatic heterocycles. The maximum absolute atomic E-state index is 10.2. The number of piperidine rings is 1. The first kappa shape index (κ1) is 26.7. The summed E-state index contributed by atoms with van der Waals surface area (Å²) in [5, 5.41) is 10.9. The van der Waals surface area contributed by atoms with Crippen molar-refractivity contribution < 1.29 is 19.3 Å². The van der Waals surface area contributed by atoms with E-state index in [0.717, 1.165) is 91.9 Å². The van der Waals surface area contributed by atoms with Crippen LogP contribution in [0.3, 0.4) is 0 Å². The number of rotatable bonds is 8. The van der Waals surface area contributed by atoms with Crippen LogP contribution in [0.25, 0.3) is 0 Å². The van der Waals surface area contributed by atoms with Crippen LogP contribution in [-0.4, -0.2) is 84.3 Å². The molecule has 4 unspecified atom stereocenters. The van der Waals surface area contributed by atoms with Crippen LogP contribution in [0.4, 0.5) is 11.6 Å². The fraction of sp³-hybridized carbons (Fsp3) is 0.690. The van der Waals surface area contributed by atoms with Gasteiger partial charge in [-0.25, -0.2) is 15.0 Å². The first-order valence-electron chi connectivity index (χ1n) is 14.8. The number of fused-ring (bicyclic) bond motifs is 3. The maximum Gasteiger partial charge on any atom is 0.175 e. The van der Waals surface area contributed by atoms with E-state index in [-0.39, 0.29) is 24.2 Å². The van der Waals surface area contributed by atoms with E-state index in [1.165, 1.54) is 24.6 Å². The summed E-state index contributed by atoms with van der Waals surface area (Å²) in [6.45, 7) is 7.60. The molecule has 6 heterocycles. The Morgan fingerprint density at radius 3 is 2.75 bits per heavy atom. The van der Waals surface area contributed by atoms with E-state index in [9.17, 15) is 5.11 Å². The molecule has 216 valence electrons. The summed E-state index contributed by atoms with van der Waals surface area (Å²) in [6.07, 6.45) is 9.37. The highest BCUT2D eigenvalue weighted by Crippen LogP contribution is 2.46. The Morgan fingerprint density at radius 1 is 1.18 bits per heavy atom. The van der Waals surface area contributed by atoms with E-state index < -0.39 is 0 Å². The number of aliphatic hydroxyl groups is 1. The van der Waals surface area contributed by atoms with Crippen LogP contribution in [-0.2, 0) is 16.1 Å². The number of nitrogens with two attached hydrogens (primary N) is 1. The number of aromatic nitrogens is 3. The third-order valence-electron chi connectivity index (χ3n) is 9.52. The largest absolute Gasteiger partial charge is 0.486 e. The molecule has 0 aromatic carbocycles. The molecule has 1 spiro atoms. The van der Waals surface area contributed by atoms with Gasteiger partial charge >= 0.3 is 0 Å². The Labute approximate surface area is 240 Å². The van der Waals surface area contributed by atoms with E-state index in [4.69, 9.17) is 34.9 Å². The second kappa shape index (κ2) is 10.9. The van der Waals surface area contributed by atoms with Crippen LogP contribution in [0.15, 0.2) is 28.4 Å². The van der Waals surface area contributed by atoms with Gasteiger partial charge in [-0.2, -0.15) is 0 Å². The summed E-state index contributed by atoms with van der Waals surface area (Å²) in [5.74, 6) is 3.77. The number of anilines is 2. The van der Waals surface area contributed by atoms with Gasteiger partial charge in [0.2, 0.25) is 0 Å². The average molecular weight is 569 g/mol. The zero-order valence-electron chi connectivity index (χ0n) is 23.2. The lowest BCUT2D eigenvalue weighted by molar-refractivity contribution is 0.0956. The van der Waals surface area contributed by atoms with Crippen LogP contribution >= 0.6 is 11.8 Å². The van der Waals surface area contributed by atoms with Gasteiger partial charge in [0.05, 0.1) is 43.1 Å². The van der Waals surface area contributed by atoms with Crippen molar-refractivity contribution in [3.63, 3.8) is 0 Å². The Kier molecular flexibility index (Phi) is 7.28. The molecule has 1 aliphatic carbocycles. The van der Waals surface area contributed by atoms with E-state index in [1.54, 1.807) is 6.20 Å². The number of pyridine rings is 1. The van der Waals surface area contributed by atoms with Crippen molar-refractivity contribution in [2.24, 2.45) is 23.0 Å². The lowest BCUT2D eigenvalue weighted by atomic mass is 9.73. The molecule has 11 heteroatoms. The van der Waals surface area contributed by atoms with Gasteiger partial charge in [0, 0.05) is 49.8 Å². The van der Waals surface area contributed by atoms with E-state index >= 15 is 0 Å². The van der Waals surface area contributed by atoms with Crippen molar-refractivity contribution in [3.05, 3.63) is 24.2 Å². The third kappa shape index (κ3) is 5.04. The van der Waals surface area contributed by atoms with Crippen molar-refractivity contribution in [2.75, 3.05) is 55.9 Å². The minimum atomic E-state index is -0.164. The summed E-state index contributed by atoms with van der Waals surface area (Å²) in [7, 11) is 0. The molecule has 3 N–H and O–H groups in total. The number of nitrogens with zero attached hydrogens (tertiary/aromatic N) is 5. The Balaban J connectivity index is 1.03. The van der Waals surface area contributed by atoms with Crippen molar-refractivity contribution in [2.45, 2.75) is 73.7 Å². The molecule has 1 saturated carbocycles. The van der Waals surface area contributed by atoms with E-state index in [1.807, 2.05) is 12.3 Å². The Hall–Kier alpha value is -2.18. The van der Waals surface area contributed by atoms with Crippen molar-refractivity contribution in [3.8, 4) is 5.75 Å². The van der Waals surface area contributed by atoms with Gasteiger partial charge < -0.3 is 34.9 Å². The molecule has 2 aromatic rings. The average Bonchev–Trinajstić information content (AvgIpc) is 3.65. The predicted octanol–water partition coefficient (Wildman–Crippen LogP) is 2.86. The Bertz CT molecular complexity index is 1220. The van der Waals surface area contributed by atoms with Crippen LogP contribution in [0.1, 0.15) is 44.7 Å². The summed E-state index contributed by atoms with van der Waals surface area (Å²) in [5.41, 5.74) is 7.13. The minimum absolute atomic E-state index is 0.0386. The third-order valence-corrected chi connectivity index (χ3v) is 10.5. The number of hydrogen-bond donors (Lipinski definition) is 2. The lowest BCUT2D eigenvalue weighted by Crippen LogP contribution is -2.51. The molecule has 0 bridgehead atoms. The van der Waals surface area contributed by atoms with Crippen molar-refractivity contribution in [1.82, 2.24) is 15.0 Å². The highest BCUT2D eigenvalue weighted by molar-refractivity contribution is 7.99. The quantitative estimate of drug-likeness (QED) is 0.489. The smallest absolute Gasteiger partial charge is 0.175 e. The molecule has 0 amide bonds. The van der Waals surface area contributed by atoms with E-state index in [2.05, 4.69) is 16.7 Å². The summed E-state index contributed by atoms with van der Waals surface area (Å²) < 4.78 is 18.2. The molecule has 0 radical (unpaired) electrons. The van der Waals surface area contributed by atoms with Gasteiger partial charge in [-0.05, 0) is 51.0 Å². The topological polar surface area (TPSA) is 119 Å². The van der Waals surface area contributed by atoms with Gasteiger partial charge in [0.1, 0.15) is 17.3 Å². The fourth-order valence-electron chi connectivity index (χ4n) is 6.83. The zero-order valence-corrected chi connectivity index (χ0v) is 24.0. The number of hydrogen-bond acceptors (Lipinski definition) is 11. The highest BCUT2D eigenvalue weighted by atomic mass is 32.2. The SMILES string of the molecule is CC1OCC2(CCN(c3ncc(Sc4ccnc5c4OCC4CC(COCC6CC6)CN54)nc3CO)CC2)C1N. The normalized spacial score (nSPS) is 29.0. The molecule has 4 atom stereocenters. The van der Waals surface area contributed by atoms with Gasteiger partial charge in [-0.3, -0.25) is 0 Å². The number of aliphatic hydroxyl groups excluding tert-OH is 1. The summed E-state index contributed by atoms with van der Waals surface area (Å²) in [4.78, 5) is 19.9. The summed E-state index contributed by atoms with van der Waals surface area (Å²) >= 11 is 1.51. The van der Waals surface area contributed by atoms with Gasteiger partial charge in [0.25, 0.3) is 0 Å². The van der Waals surface area contributed by atoms with Gasteiger partial charge in [-0.1, -0.05) is 11.8 Å². The molecular formula is C29H40N6O4S. The minimum Gasteiger partial charge on any atom is -0.486 e. The van der Waals surface area contributed by atoms with Crippen molar-refractivity contribution >= 4 is 23.4 Å². The molecule has 4 aliphatic heterocycles. The van der Waals surface area contributed by atoms with E-state index in [0.29, 0.717) is 24.3 Å². The maximum atomic E-state index is 10.2. The molecule has 10 nitrogen and oxygen atoms in total. The molecular weight excluding hydrogens is 528 g/mol. The molecule has 7 rings (SSSR count). The van der Waals surface area contributed by atoms with Crippen LogP contribution in [0.2, 0.25) is 0 Å². The highest BCUT2D eigenvalue weighted by Gasteiger charge is 2.48. The second-order valence-corrected chi connectivity index (χ2v) is 13.4. The first-order valence-corrected chi connectivity index (χ1v) is 15.6. The predicted molar refractivity (Wildman–Crippen MR) is 152 cm³/mol. The van der Waals surface area contributed by atoms with Crippen LogP contribution < -0.4 is 20.3 Å². The molecule has 3 saturated heterocycles. The fourth-order valence-corrected chi connectivity index (χ4v) is 7.69. The first-order chi connectivity index (χ1) is 19.5. The lowest BCUT2D eigenvalue weighted by Gasteiger charge is -2.41. The molecule has 5 aliphatic rings. The van der Waals surface area contributed by atoms with Crippen molar-refractivity contribution in [1.29, 1.82) is 0 Å². The number of ether oxygens (including phenoxy) is 3. The molecule has 40 heavy (non-hydrogen) atoms. The zero-order chi connectivity index (χ0) is 27.3. The van der Waals surface area contributed by atoms with Gasteiger partial charge in [0.15, 0.2) is 17.4 Å². The summed E-state index contributed by atoms with van der Waals surface area (Å²) in [6, 6.07) is 2.38. The van der Waals surface area contributed by atoms with Gasteiger partial charge in [-0.15, -0.1) is 0 Å². The second-order valence-electron chi connectivity index (χ2n) is 12.3. The monoisotopic (exact) mass is 568 g/mol. The van der Waals surface area contributed by atoms with Crippen LogP contribution in [0.5, 0.6) is 5.75 Å². The van der Waals surface area contributed by atoms with Crippen LogP contribution in [0, 0.1) is 17.3 Å². The Morgan fingerprint density at radius 2 is 2.00 bits per heavy atom.